The standard InChI is InChI=1S/C16H19BrFNO3/c1-3-4-11(2)19-15(20)10-22-16(21)8-5-12-9-13(17)6-7-14(12)18/h5-9,11H,3-4,10H2,1-2H3,(H,19,20)/b8-5+. The molecule has 1 aromatic rings. The maximum absolute atomic E-state index is 13.5. The van der Waals surface area contributed by atoms with Gasteiger partial charge in [0.1, 0.15) is 5.82 Å². The summed E-state index contributed by atoms with van der Waals surface area (Å²) in [5.74, 6) is -1.49. The summed E-state index contributed by atoms with van der Waals surface area (Å²) in [4.78, 5) is 23.0. The largest absolute Gasteiger partial charge is 0.452 e. The highest BCUT2D eigenvalue weighted by Crippen LogP contribution is 2.16. The maximum Gasteiger partial charge on any atom is 0.331 e. The van der Waals surface area contributed by atoms with E-state index in [-0.39, 0.29) is 24.1 Å². The molecule has 1 amide bonds. The highest BCUT2D eigenvalue weighted by Gasteiger charge is 2.08. The predicted molar refractivity (Wildman–Crippen MR) is 86.6 cm³/mol. The lowest BCUT2D eigenvalue weighted by molar-refractivity contribution is -0.144. The number of rotatable bonds is 7. The van der Waals surface area contributed by atoms with Gasteiger partial charge in [-0.3, -0.25) is 4.79 Å². The van der Waals surface area contributed by atoms with Crippen LogP contribution in [0, 0.1) is 5.82 Å². The molecular formula is C16H19BrFNO3. The Morgan fingerprint density at radius 1 is 1.45 bits per heavy atom. The molecule has 0 fully saturated rings. The van der Waals surface area contributed by atoms with Crippen molar-refractivity contribution in [3.63, 3.8) is 0 Å². The summed E-state index contributed by atoms with van der Waals surface area (Å²) in [7, 11) is 0. The molecule has 0 aliphatic rings. The Morgan fingerprint density at radius 2 is 2.18 bits per heavy atom. The first-order valence-corrected chi connectivity index (χ1v) is 7.81. The number of amides is 1. The van der Waals surface area contributed by atoms with Crippen LogP contribution in [0.5, 0.6) is 0 Å². The van der Waals surface area contributed by atoms with Crippen molar-refractivity contribution in [2.45, 2.75) is 32.7 Å². The molecule has 1 N–H and O–H groups in total. The van der Waals surface area contributed by atoms with E-state index in [9.17, 15) is 14.0 Å². The molecule has 120 valence electrons. The van der Waals surface area contributed by atoms with E-state index in [0.717, 1.165) is 18.9 Å². The van der Waals surface area contributed by atoms with Crippen LogP contribution in [-0.4, -0.2) is 24.5 Å². The van der Waals surface area contributed by atoms with Crippen LogP contribution in [0.25, 0.3) is 6.08 Å². The Morgan fingerprint density at radius 3 is 2.86 bits per heavy atom. The Balaban J connectivity index is 2.44. The zero-order valence-electron chi connectivity index (χ0n) is 12.6. The van der Waals surface area contributed by atoms with E-state index in [1.165, 1.54) is 18.2 Å². The molecule has 0 aliphatic heterocycles. The van der Waals surface area contributed by atoms with Crippen LogP contribution in [0.15, 0.2) is 28.7 Å². The molecule has 0 aliphatic carbocycles. The fourth-order valence-corrected chi connectivity index (χ4v) is 2.19. The average molecular weight is 372 g/mol. The summed E-state index contributed by atoms with van der Waals surface area (Å²) in [6.07, 6.45) is 4.22. The lowest BCUT2D eigenvalue weighted by Gasteiger charge is -2.12. The summed E-state index contributed by atoms with van der Waals surface area (Å²) in [6.45, 7) is 3.56. The number of hydrogen-bond donors (Lipinski definition) is 1. The topological polar surface area (TPSA) is 55.4 Å². The lowest BCUT2D eigenvalue weighted by Crippen LogP contribution is -2.35. The number of esters is 1. The monoisotopic (exact) mass is 371 g/mol. The minimum atomic E-state index is -0.697. The van der Waals surface area contributed by atoms with E-state index in [1.807, 2.05) is 13.8 Å². The van der Waals surface area contributed by atoms with Gasteiger partial charge in [0, 0.05) is 22.2 Å². The van der Waals surface area contributed by atoms with Gasteiger partial charge in [0.2, 0.25) is 0 Å². The Bertz CT molecular complexity index is 560. The molecular weight excluding hydrogens is 353 g/mol. The Labute approximate surface area is 137 Å². The number of nitrogens with one attached hydrogen (secondary N) is 1. The first-order chi connectivity index (χ1) is 10.4. The maximum atomic E-state index is 13.5. The molecule has 0 saturated carbocycles. The van der Waals surface area contributed by atoms with E-state index in [1.54, 1.807) is 6.07 Å². The molecule has 0 radical (unpaired) electrons. The SMILES string of the molecule is CCCC(C)NC(=O)COC(=O)/C=C/c1cc(Br)ccc1F. The quantitative estimate of drug-likeness (QED) is 0.589. The van der Waals surface area contributed by atoms with Crippen molar-refractivity contribution in [3.05, 3.63) is 40.1 Å². The third-order valence-corrected chi connectivity index (χ3v) is 3.32. The molecule has 1 aromatic carbocycles. The summed E-state index contributed by atoms with van der Waals surface area (Å²) in [6, 6.07) is 4.44. The van der Waals surface area contributed by atoms with Crippen molar-refractivity contribution in [1.82, 2.24) is 5.32 Å². The minimum Gasteiger partial charge on any atom is -0.452 e. The Hall–Kier alpha value is -1.69. The summed E-state index contributed by atoms with van der Waals surface area (Å²) in [5, 5.41) is 2.72. The normalized spacial score (nSPS) is 12.2. The fraction of sp³-hybridized carbons (Fsp3) is 0.375. The number of carbonyl (C=O) groups excluding carboxylic acids is 2. The fourth-order valence-electron chi connectivity index (χ4n) is 1.81. The van der Waals surface area contributed by atoms with E-state index in [4.69, 9.17) is 4.74 Å². The second kappa shape index (κ2) is 9.35. The van der Waals surface area contributed by atoms with Crippen LogP contribution >= 0.6 is 15.9 Å². The number of carbonyl (C=O) groups is 2. The predicted octanol–water partition coefficient (Wildman–Crippen LogP) is 3.45. The smallest absolute Gasteiger partial charge is 0.331 e. The van der Waals surface area contributed by atoms with Gasteiger partial charge in [-0.05, 0) is 37.6 Å². The molecule has 0 bridgehead atoms. The summed E-state index contributed by atoms with van der Waals surface area (Å²) < 4.78 is 19.0. The van der Waals surface area contributed by atoms with Gasteiger partial charge in [0.05, 0.1) is 0 Å². The second-order valence-corrected chi connectivity index (χ2v) is 5.78. The number of ether oxygens (including phenoxy) is 1. The van der Waals surface area contributed by atoms with Crippen molar-refractivity contribution in [1.29, 1.82) is 0 Å². The molecule has 0 aromatic heterocycles. The highest BCUT2D eigenvalue weighted by molar-refractivity contribution is 9.10. The number of hydrogen-bond acceptors (Lipinski definition) is 3. The van der Waals surface area contributed by atoms with Crippen LogP contribution < -0.4 is 5.32 Å². The van der Waals surface area contributed by atoms with Gasteiger partial charge >= 0.3 is 5.97 Å². The van der Waals surface area contributed by atoms with Gasteiger partial charge in [0.25, 0.3) is 5.91 Å². The van der Waals surface area contributed by atoms with Gasteiger partial charge in [-0.25, -0.2) is 9.18 Å². The van der Waals surface area contributed by atoms with E-state index >= 15 is 0 Å². The van der Waals surface area contributed by atoms with Crippen molar-refractivity contribution in [3.8, 4) is 0 Å². The molecule has 4 nitrogen and oxygen atoms in total. The van der Waals surface area contributed by atoms with E-state index in [2.05, 4.69) is 21.2 Å². The van der Waals surface area contributed by atoms with Crippen molar-refractivity contribution < 1.29 is 18.7 Å². The van der Waals surface area contributed by atoms with Gasteiger partial charge in [-0.2, -0.15) is 0 Å². The van der Waals surface area contributed by atoms with E-state index in [0.29, 0.717) is 4.47 Å². The molecule has 0 heterocycles. The van der Waals surface area contributed by atoms with Gasteiger partial charge < -0.3 is 10.1 Å². The van der Waals surface area contributed by atoms with E-state index < -0.39 is 11.8 Å². The minimum absolute atomic E-state index is 0.0440. The average Bonchev–Trinajstić information content (AvgIpc) is 2.46. The first-order valence-electron chi connectivity index (χ1n) is 7.01. The number of benzene rings is 1. The third-order valence-electron chi connectivity index (χ3n) is 2.83. The first kappa shape index (κ1) is 18.4. The van der Waals surface area contributed by atoms with Crippen LogP contribution in [0.1, 0.15) is 32.3 Å². The van der Waals surface area contributed by atoms with Crippen LogP contribution in [0.3, 0.4) is 0 Å². The summed E-state index contributed by atoms with van der Waals surface area (Å²) in [5.41, 5.74) is 0.257. The van der Waals surface area contributed by atoms with Crippen LogP contribution in [0.2, 0.25) is 0 Å². The number of halogens is 2. The molecule has 1 atom stereocenters. The molecule has 1 unspecified atom stereocenters. The Kier molecular flexibility index (Phi) is 7.80. The molecule has 22 heavy (non-hydrogen) atoms. The highest BCUT2D eigenvalue weighted by atomic mass is 79.9. The van der Waals surface area contributed by atoms with Gasteiger partial charge in [-0.1, -0.05) is 29.3 Å². The molecule has 1 rings (SSSR count). The van der Waals surface area contributed by atoms with Crippen molar-refractivity contribution in [2.24, 2.45) is 0 Å². The van der Waals surface area contributed by atoms with Crippen LogP contribution in [-0.2, 0) is 14.3 Å². The van der Waals surface area contributed by atoms with Gasteiger partial charge in [-0.15, -0.1) is 0 Å². The van der Waals surface area contributed by atoms with Gasteiger partial charge in [0.15, 0.2) is 6.61 Å². The zero-order valence-corrected chi connectivity index (χ0v) is 14.2. The van der Waals surface area contributed by atoms with Crippen molar-refractivity contribution >= 4 is 33.9 Å². The summed E-state index contributed by atoms with van der Waals surface area (Å²) >= 11 is 3.22. The third kappa shape index (κ3) is 6.85. The zero-order chi connectivity index (χ0) is 16.5. The van der Waals surface area contributed by atoms with Crippen molar-refractivity contribution in [2.75, 3.05) is 6.61 Å². The molecule has 6 heteroatoms. The second-order valence-electron chi connectivity index (χ2n) is 4.86. The molecule has 0 saturated heterocycles. The lowest BCUT2D eigenvalue weighted by atomic mass is 10.2. The van der Waals surface area contributed by atoms with Crippen LogP contribution in [0.4, 0.5) is 4.39 Å². The molecule has 0 spiro atoms.